The molecule has 1 atom stereocenters. The van der Waals surface area contributed by atoms with Gasteiger partial charge in [-0.1, -0.05) is 31.2 Å². The molecule has 0 bridgehead atoms. The first-order valence-electron chi connectivity index (χ1n) is 11.7. The molecule has 3 aromatic carbocycles. The number of methoxy groups -OCH3 is 4. The number of aliphatic hydroxyl groups excluding tert-OH is 1. The smallest absolute Gasteiger partial charge is 0.300 e. The fraction of sp³-hybridized carbons (Fsp3) is 0.241. The van der Waals surface area contributed by atoms with Gasteiger partial charge in [0.15, 0.2) is 0 Å². The summed E-state index contributed by atoms with van der Waals surface area (Å²) < 4.78 is 21.5. The van der Waals surface area contributed by atoms with Crippen molar-refractivity contribution in [2.45, 2.75) is 19.4 Å². The maximum Gasteiger partial charge on any atom is 0.300 e. The molecular formula is C29H29NO7. The minimum atomic E-state index is -0.908. The third-order valence-electron chi connectivity index (χ3n) is 6.43. The number of amides is 1. The zero-order valence-corrected chi connectivity index (χ0v) is 21.4. The Labute approximate surface area is 215 Å². The SMILES string of the molecule is CCc1ccc(C2/C(=C(/O)c3ccc(OC)cc3OC)C(=O)C(=O)N2c2cc(OC)cc(OC)c2)cc1. The van der Waals surface area contributed by atoms with Gasteiger partial charge in [-0.25, -0.2) is 0 Å². The third-order valence-corrected chi connectivity index (χ3v) is 6.43. The molecule has 4 rings (SSSR count). The van der Waals surface area contributed by atoms with E-state index in [4.69, 9.17) is 18.9 Å². The molecule has 1 saturated heterocycles. The first-order valence-corrected chi connectivity index (χ1v) is 11.7. The Bertz CT molecular complexity index is 1340. The van der Waals surface area contributed by atoms with Crippen LogP contribution in [0.25, 0.3) is 5.76 Å². The number of ether oxygens (including phenoxy) is 4. The number of ketones is 1. The molecule has 1 fully saturated rings. The number of Topliss-reactive ketones (excluding diaryl/α,β-unsaturated/α-hetero) is 1. The Balaban J connectivity index is 1.98. The van der Waals surface area contributed by atoms with Crippen molar-refractivity contribution >= 4 is 23.1 Å². The average Bonchev–Trinajstić information content (AvgIpc) is 3.21. The summed E-state index contributed by atoms with van der Waals surface area (Å²) in [5, 5.41) is 11.5. The van der Waals surface area contributed by atoms with Gasteiger partial charge >= 0.3 is 0 Å². The van der Waals surface area contributed by atoms with Gasteiger partial charge in [-0.05, 0) is 29.7 Å². The van der Waals surface area contributed by atoms with E-state index in [0.717, 1.165) is 12.0 Å². The van der Waals surface area contributed by atoms with Crippen LogP contribution in [0, 0.1) is 0 Å². The van der Waals surface area contributed by atoms with Gasteiger partial charge in [0.1, 0.15) is 28.8 Å². The van der Waals surface area contributed by atoms with Crippen molar-refractivity contribution < 1.29 is 33.6 Å². The molecule has 37 heavy (non-hydrogen) atoms. The predicted octanol–water partition coefficient (Wildman–Crippen LogP) is 4.91. The molecule has 0 aliphatic carbocycles. The highest BCUT2D eigenvalue weighted by molar-refractivity contribution is 6.51. The van der Waals surface area contributed by atoms with Crippen molar-refractivity contribution in [2.24, 2.45) is 0 Å². The number of aryl methyl sites for hydroxylation is 1. The molecule has 0 saturated carbocycles. The van der Waals surface area contributed by atoms with Crippen LogP contribution < -0.4 is 23.8 Å². The quantitative estimate of drug-likeness (QED) is 0.265. The molecule has 0 radical (unpaired) electrons. The van der Waals surface area contributed by atoms with E-state index in [-0.39, 0.29) is 16.9 Å². The van der Waals surface area contributed by atoms with Crippen molar-refractivity contribution in [1.29, 1.82) is 0 Å². The third kappa shape index (κ3) is 4.70. The lowest BCUT2D eigenvalue weighted by molar-refractivity contribution is -0.132. The lowest BCUT2D eigenvalue weighted by Gasteiger charge is -2.26. The second kappa shape index (κ2) is 10.7. The highest BCUT2D eigenvalue weighted by atomic mass is 16.5. The summed E-state index contributed by atoms with van der Waals surface area (Å²) in [6.07, 6.45) is 0.830. The number of anilines is 1. The fourth-order valence-electron chi connectivity index (χ4n) is 4.42. The normalized spacial score (nSPS) is 16.6. The first-order chi connectivity index (χ1) is 17.9. The number of nitrogens with zero attached hydrogens (tertiary/aromatic N) is 1. The zero-order valence-electron chi connectivity index (χ0n) is 21.4. The van der Waals surface area contributed by atoms with Crippen LogP contribution in [0.4, 0.5) is 5.69 Å². The molecule has 0 spiro atoms. The van der Waals surface area contributed by atoms with E-state index in [9.17, 15) is 14.7 Å². The Morgan fingerprint density at radius 3 is 1.97 bits per heavy atom. The van der Waals surface area contributed by atoms with Crippen LogP contribution >= 0.6 is 0 Å². The maximum atomic E-state index is 13.5. The summed E-state index contributed by atoms with van der Waals surface area (Å²) in [5.74, 6) is -0.230. The Morgan fingerprint density at radius 2 is 1.43 bits per heavy atom. The van der Waals surface area contributed by atoms with Crippen LogP contribution in [0.5, 0.6) is 23.0 Å². The highest BCUT2D eigenvalue weighted by Crippen LogP contribution is 2.45. The van der Waals surface area contributed by atoms with Gasteiger partial charge in [0.05, 0.1) is 51.3 Å². The molecule has 1 aliphatic heterocycles. The van der Waals surface area contributed by atoms with Crippen molar-refractivity contribution in [3.05, 3.63) is 82.9 Å². The molecular weight excluding hydrogens is 474 g/mol. The summed E-state index contributed by atoms with van der Waals surface area (Å²) in [7, 11) is 5.98. The second-order valence-electron chi connectivity index (χ2n) is 8.40. The van der Waals surface area contributed by atoms with Crippen molar-refractivity contribution in [3.8, 4) is 23.0 Å². The summed E-state index contributed by atoms with van der Waals surface area (Å²) in [6.45, 7) is 2.04. The molecule has 3 aromatic rings. The molecule has 1 aliphatic rings. The monoisotopic (exact) mass is 503 g/mol. The van der Waals surface area contributed by atoms with Gasteiger partial charge in [0.25, 0.3) is 11.7 Å². The summed E-state index contributed by atoms with van der Waals surface area (Å²) in [6, 6.07) is 16.5. The Morgan fingerprint density at radius 1 is 0.811 bits per heavy atom. The van der Waals surface area contributed by atoms with Crippen LogP contribution in [-0.2, 0) is 16.0 Å². The minimum absolute atomic E-state index is 0.0560. The van der Waals surface area contributed by atoms with Gasteiger partial charge in [-0.2, -0.15) is 0 Å². The van der Waals surface area contributed by atoms with Crippen LogP contribution in [0.2, 0.25) is 0 Å². The maximum absolute atomic E-state index is 13.5. The lowest BCUT2D eigenvalue weighted by atomic mass is 9.94. The van der Waals surface area contributed by atoms with Gasteiger partial charge in [0.2, 0.25) is 0 Å². The fourth-order valence-corrected chi connectivity index (χ4v) is 4.42. The van der Waals surface area contributed by atoms with E-state index >= 15 is 0 Å². The molecule has 1 amide bonds. The summed E-state index contributed by atoms with van der Waals surface area (Å²) in [5.41, 5.74) is 2.36. The number of hydrogen-bond donors (Lipinski definition) is 1. The predicted molar refractivity (Wildman–Crippen MR) is 140 cm³/mol. The van der Waals surface area contributed by atoms with Crippen molar-refractivity contribution in [3.63, 3.8) is 0 Å². The van der Waals surface area contributed by atoms with E-state index in [1.807, 2.05) is 31.2 Å². The lowest BCUT2D eigenvalue weighted by Crippen LogP contribution is -2.29. The Kier molecular flexibility index (Phi) is 7.38. The minimum Gasteiger partial charge on any atom is -0.507 e. The number of benzene rings is 3. The number of rotatable bonds is 8. The Hall–Kier alpha value is -4.46. The molecule has 0 aromatic heterocycles. The standard InChI is InChI=1S/C29H29NO7/c1-6-17-7-9-18(10-8-17)26-25(27(31)23-12-11-20(34-2)16-24(23)37-5)28(32)29(33)30(26)19-13-21(35-3)15-22(14-19)36-4/h7-16,26,31H,6H2,1-5H3/b27-25-. The summed E-state index contributed by atoms with van der Waals surface area (Å²) >= 11 is 0. The molecule has 1 N–H and O–H groups in total. The largest absolute Gasteiger partial charge is 0.507 e. The van der Waals surface area contributed by atoms with Crippen LogP contribution in [0.15, 0.2) is 66.2 Å². The van der Waals surface area contributed by atoms with Crippen LogP contribution in [0.1, 0.15) is 29.7 Å². The van der Waals surface area contributed by atoms with Crippen LogP contribution in [0.3, 0.4) is 0 Å². The number of carbonyl (C=O) groups is 2. The van der Waals surface area contributed by atoms with E-state index in [2.05, 4.69) is 0 Å². The average molecular weight is 504 g/mol. The van der Waals surface area contributed by atoms with Crippen molar-refractivity contribution in [2.75, 3.05) is 33.3 Å². The molecule has 1 heterocycles. The van der Waals surface area contributed by atoms with Crippen molar-refractivity contribution in [1.82, 2.24) is 0 Å². The summed E-state index contributed by atoms with van der Waals surface area (Å²) in [4.78, 5) is 28.4. The van der Waals surface area contributed by atoms with E-state index in [0.29, 0.717) is 34.2 Å². The van der Waals surface area contributed by atoms with E-state index < -0.39 is 17.7 Å². The van der Waals surface area contributed by atoms with Crippen LogP contribution in [-0.4, -0.2) is 45.2 Å². The zero-order chi connectivity index (χ0) is 26.7. The van der Waals surface area contributed by atoms with E-state index in [1.54, 1.807) is 36.4 Å². The molecule has 192 valence electrons. The van der Waals surface area contributed by atoms with E-state index in [1.165, 1.54) is 33.3 Å². The highest BCUT2D eigenvalue weighted by Gasteiger charge is 2.47. The molecule has 8 heteroatoms. The topological polar surface area (TPSA) is 94.5 Å². The van der Waals surface area contributed by atoms with Gasteiger partial charge < -0.3 is 24.1 Å². The van der Waals surface area contributed by atoms with Gasteiger partial charge in [0, 0.05) is 24.3 Å². The second-order valence-corrected chi connectivity index (χ2v) is 8.40. The molecule has 1 unspecified atom stereocenters. The number of hydrogen-bond acceptors (Lipinski definition) is 7. The van der Waals surface area contributed by atoms with Gasteiger partial charge in [-0.15, -0.1) is 0 Å². The number of carbonyl (C=O) groups excluding carboxylic acids is 2. The molecule has 8 nitrogen and oxygen atoms in total. The van der Waals surface area contributed by atoms with Gasteiger partial charge in [-0.3, -0.25) is 14.5 Å². The first kappa shape index (κ1) is 25.6. The number of aliphatic hydroxyl groups is 1.